The first-order valence-corrected chi connectivity index (χ1v) is 9.45. The molecule has 0 aliphatic heterocycles. The normalized spacial score (nSPS) is 11.5. The molecule has 1 N–H and O–H groups in total. The minimum Gasteiger partial charge on any atom is -0.489 e. The topological polar surface area (TPSA) is 47.6 Å². The zero-order valence-corrected chi connectivity index (χ0v) is 16.2. The number of ether oxygens (including phenoxy) is 2. The fourth-order valence-corrected chi connectivity index (χ4v) is 2.73. The molecule has 0 radical (unpaired) electrons. The Morgan fingerprint density at radius 2 is 1.68 bits per heavy atom. The van der Waals surface area contributed by atoms with Crippen molar-refractivity contribution >= 4 is 11.6 Å². The molecule has 144 valence electrons. The van der Waals surface area contributed by atoms with Crippen molar-refractivity contribution < 1.29 is 14.3 Å². The van der Waals surface area contributed by atoms with Crippen molar-refractivity contribution in [2.75, 3.05) is 5.32 Å². The van der Waals surface area contributed by atoms with Gasteiger partial charge in [0.1, 0.15) is 18.1 Å². The van der Waals surface area contributed by atoms with E-state index in [9.17, 15) is 4.79 Å². The number of carbonyl (C=O) groups excluding carboxylic acids is 1. The summed E-state index contributed by atoms with van der Waals surface area (Å²) in [6.45, 7) is 4.42. The van der Waals surface area contributed by atoms with Gasteiger partial charge < -0.3 is 14.8 Å². The maximum Gasteiger partial charge on any atom is 0.265 e. The first-order valence-electron chi connectivity index (χ1n) is 9.45. The standard InChI is InChI=1S/C24H25NO3/c1-3-23(28-21-14-12-18(2)13-15-21)24(26)25-20-10-7-11-22(16-20)27-17-19-8-5-4-6-9-19/h4-16,23H,3,17H2,1-2H3,(H,25,26). The van der Waals surface area contributed by atoms with Gasteiger partial charge in [0.05, 0.1) is 0 Å². The lowest BCUT2D eigenvalue weighted by molar-refractivity contribution is -0.122. The van der Waals surface area contributed by atoms with Crippen LogP contribution in [0.5, 0.6) is 11.5 Å². The molecular formula is C24H25NO3. The molecule has 1 atom stereocenters. The summed E-state index contributed by atoms with van der Waals surface area (Å²) < 4.78 is 11.7. The second-order valence-electron chi connectivity index (χ2n) is 6.62. The molecule has 3 rings (SSSR count). The molecule has 0 bridgehead atoms. The number of amides is 1. The van der Waals surface area contributed by atoms with E-state index in [2.05, 4.69) is 5.32 Å². The van der Waals surface area contributed by atoms with Crippen molar-refractivity contribution in [2.24, 2.45) is 0 Å². The Morgan fingerprint density at radius 3 is 2.39 bits per heavy atom. The van der Waals surface area contributed by atoms with Crippen molar-refractivity contribution in [3.63, 3.8) is 0 Å². The Labute approximate surface area is 166 Å². The lowest BCUT2D eigenvalue weighted by Gasteiger charge is -2.18. The van der Waals surface area contributed by atoms with Gasteiger partial charge in [-0.15, -0.1) is 0 Å². The van der Waals surface area contributed by atoms with E-state index in [0.717, 1.165) is 11.1 Å². The van der Waals surface area contributed by atoms with Crippen LogP contribution in [0.15, 0.2) is 78.9 Å². The number of rotatable bonds is 8. The minimum absolute atomic E-state index is 0.178. The Bertz CT molecular complexity index is 891. The molecule has 0 heterocycles. The van der Waals surface area contributed by atoms with Gasteiger partial charge >= 0.3 is 0 Å². The number of hydrogen-bond donors (Lipinski definition) is 1. The number of benzene rings is 3. The number of anilines is 1. The third-order valence-corrected chi connectivity index (χ3v) is 4.31. The largest absolute Gasteiger partial charge is 0.489 e. The average molecular weight is 375 g/mol. The molecule has 3 aromatic rings. The molecule has 0 fully saturated rings. The number of nitrogens with one attached hydrogen (secondary N) is 1. The first-order chi connectivity index (χ1) is 13.6. The highest BCUT2D eigenvalue weighted by Gasteiger charge is 2.18. The van der Waals surface area contributed by atoms with Crippen LogP contribution in [0.2, 0.25) is 0 Å². The summed E-state index contributed by atoms with van der Waals surface area (Å²) in [5.41, 5.74) is 2.92. The van der Waals surface area contributed by atoms with Gasteiger partial charge in [0, 0.05) is 11.8 Å². The smallest absolute Gasteiger partial charge is 0.265 e. The van der Waals surface area contributed by atoms with E-state index < -0.39 is 6.10 Å². The lowest BCUT2D eigenvalue weighted by atomic mass is 10.2. The highest BCUT2D eigenvalue weighted by molar-refractivity contribution is 5.94. The highest BCUT2D eigenvalue weighted by Crippen LogP contribution is 2.20. The summed E-state index contributed by atoms with van der Waals surface area (Å²) in [6.07, 6.45) is 0.0146. The van der Waals surface area contributed by atoms with Crippen LogP contribution in [-0.4, -0.2) is 12.0 Å². The number of hydrogen-bond acceptors (Lipinski definition) is 3. The van der Waals surface area contributed by atoms with Gasteiger partial charge in [-0.25, -0.2) is 0 Å². The van der Waals surface area contributed by atoms with Gasteiger partial charge in [0.15, 0.2) is 6.10 Å². The van der Waals surface area contributed by atoms with E-state index in [0.29, 0.717) is 30.2 Å². The van der Waals surface area contributed by atoms with Gasteiger partial charge in [-0.2, -0.15) is 0 Å². The van der Waals surface area contributed by atoms with Crippen molar-refractivity contribution in [2.45, 2.75) is 33.0 Å². The van der Waals surface area contributed by atoms with Crippen LogP contribution in [0.4, 0.5) is 5.69 Å². The lowest BCUT2D eigenvalue weighted by Crippen LogP contribution is -2.32. The van der Waals surface area contributed by atoms with Crippen molar-refractivity contribution in [3.05, 3.63) is 90.0 Å². The molecular weight excluding hydrogens is 350 g/mol. The van der Waals surface area contributed by atoms with E-state index >= 15 is 0 Å². The Balaban J connectivity index is 1.60. The van der Waals surface area contributed by atoms with Crippen LogP contribution in [-0.2, 0) is 11.4 Å². The Morgan fingerprint density at radius 1 is 0.929 bits per heavy atom. The second kappa shape index (κ2) is 9.60. The fourth-order valence-electron chi connectivity index (χ4n) is 2.73. The number of carbonyl (C=O) groups is 1. The first kappa shape index (κ1) is 19.5. The van der Waals surface area contributed by atoms with Crippen molar-refractivity contribution in [1.82, 2.24) is 0 Å². The molecule has 28 heavy (non-hydrogen) atoms. The van der Waals surface area contributed by atoms with Crippen molar-refractivity contribution in [3.8, 4) is 11.5 Å². The monoisotopic (exact) mass is 375 g/mol. The van der Waals surface area contributed by atoms with Crippen LogP contribution in [0, 0.1) is 6.92 Å². The van der Waals surface area contributed by atoms with E-state index in [4.69, 9.17) is 9.47 Å². The van der Waals surface area contributed by atoms with Gasteiger partial charge in [-0.05, 0) is 43.2 Å². The molecule has 0 aliphatic carbocycles. The third kappa shape index (κ3) is 5.61. The van der Waals surface area contributed by atoms with Gasteiger partial charge in [-0.1, -0.05) is 61.0 Å². The molecule has 0 aromatic heterocycles. The molecule has 0 spiro atoms. The molecule has 4 nitrogen and oxygen atoms in total. The van der Waals surface area contributed by atoms with Crippen LogP contribution in [0.25, 0.3) is 0 Å². The second-order valence-corrected chi connectivity index (χ2v) is 6.62. The van der Waals surface area contributed by atoms with E-state index in [1.807, 2.05) is 92.7 Å². The average Bonchev–Trinajstić information content (AvgIpc) is 2.73. The van der Waals surface area contributed by atoms with Crippen LogP contribution >= 0.6 is 0 Å². The summed E-state index contributed by atoms with van der Waals surface area (Å²) in [4.78, 5) is 12.6. The highest BCUT2D eigenvalue weighted by atomic mass is 16.5. The van der Waals surface area contributed by atoms with Crippen LogP contribution < -0.4 is 14.8 Å². The fraction of sp³-hybridized carbons (Fsp3) is 0.208. The maximum atomic E-state index is 12.6. The SMILES string of the molecule is CCC(Oc1ccc(C)cc1)C(=O)Nc1cccc(OCc2ccccc2)c1. The van der Waals surface area contributed by atoms with Gasteiger partial charge in [-0.3, -0.25) is 4.79 Å². The van der Waals surface area contributed by atoms with Crippen LogP contribution in [0.3, 0.4) is 0 Å². The zero-order valence-electron chi connectivity index (χ0n) is 16.2. The van der Waals surface area contributed by atoms with Crippen LogP contribution in [0.1, 0.15) is 24.5 Å². The van der Waals surface area contributed by atoms with Gasteiger partial charge in [0.2, 0.25) is 0 Å². The summed E-state index contributed by atoms with van der Waals surface area (Å²) in [6, 6.07) is 25.0. The predicted octanol–water partition coefficient (Wildman–Crippen LogP) is 5.37. The molecule has 0 saturated carbocycles. The summed E-state index contributed by atoms with van der Waals surface area (Å²) in [5, 5.41) is 2.92. The number of aryl methyl sites for hydroxylation is 1. The van der Waals surface area contributed by atoms with E-state index in [1.165, 1.54) is 0 Å². The quantitative estimate of drug-likeness (QED) is 0.576. The maximum absolute atomic E-state index is 12.6. The summed E-state index contributed by atoms with van der Waals surface area (Å²) in [5.74, 6) is 1.21. The molecule has 0 aliphatic rings. The molecule has 4 heteroatoms. The van der Waals surface area contributed by atoms with Crippen molar-refractivity contribution in [1.29, 1.82) is 0 Å². The summed E-state index contributed by atoms with van der Waals surface area (Å²) in [7, 11) is 0. The molecule has 1 amide bonds. The summed E-state index contributed by atoms with van der Waals surface area (Å²) >= 11 is 0. The molecule has 1 unspecified atom stereocenters. The molecule has 0 saturated heterocycles. The molecule has 3 aromatic carbocycles. The van der Waals surface area contributed by atoms with Gasteiger partial charge in [0.25, 0.3) is 5.91 Å². The van der Waals surface area contributed by atoms with E-state index in [1.54, 1.807) is 0 Å². The predicted molar refractivity (Wildman–Crippen MR) is 112 cm³/mol. The Kier molecular flexibility index (Phi) is 6.68. The Hall–Kier alpha value is -3.27. The van der Waals surface area contributed by atoms with E-state index in [-0.39, 0.29) is 5.91 Å². The zero-order chi connectivity index (χ0) is 19.8. The third-order valence-electron chi connectivity index (χ3n) is 4.31. The minimum atomic E-state index is -0.559.